The summed E-state index contributed by atoms with van der Waals surface area (Å²) in [5.74, 6) is -1.30. The molecule has 0 aliphatic carbocycles. The zero-order valence-electron chi connectivity index (χ0n) is 15.8. The Morgan fingerprint density at radius 2 is 1.74 bits per heavy atom. The van der Waals surface area contributed by atoms with Crippen LogP contribution in [0.2, 0.25) is 0 Å². The number of hydrogen-bond acceptors (Lipinski definition) is 4. The van der Waals surface area contributed by atoms with Crippen molar-refractivity contribution in [3.8, 4) is 0 Å². The van der Waals surface area contributed by atoms with Gasteiger partial charge in [-0.2, -0.15) is 0 Å². The van der Waals surface area contributed by atoms with Crippen molar-refractivity contribution < 1.29 is 24.3 Å². The first-order valence-electron chi connectivity index (χ1n) is 9.14. The van der Waals surface area contributed by atoms with Crippen molar-refractivity contribution in [2.45, 2.75) is 45.6 Å². The minimum Gasteiger partial charge on any atom is -0.480 e. The van der Waals surface area contributed by atoms with E-state index in [4.69, 9.17) is 5.11 Å². The van der Waals surface area contributed by atoms with Gasteiger partial charge in [-0.3, -0.25) is 19.2 Å². The Labute approximate surface area is 158 Å². The summed E-state index contributed by atoms with van der Waals surface area (Å²) in [4.78, 5) is 49.9. The summed E-state index contributed by atoms with van der Waals surface area (Å²) in [6, 6.07) is 6.87. The van der Waals surface area contributed by atoms with Crippen LogP contribution in [0.4, 0.5) is 0 Å². The summed E-state index contributed by atoms with van der Waals surface area (Å²) in [5, 5.41) is 9.01. The van der Waals surface area contributed by atoms with Gasteiger partial charge in [0.2, 0.25) is 11.8 Å². The second-order valence-corrected chi connectivity index (χ2v) is 6.94. The molecule has 27 heavy (non-hydrogen) atoms. The maximum Gasteiger partial charge on any atom is 0.323 e. The van der Waals surface area contributed by atoms with E-state index >= 15 is 0 Å². The van der Waals surface area contributed by atoms with Crippen LogP contribution in [0.25, 0.3) is 0 Å². The van der Waals surface area contributed by atoms with Gasteiger partial charge in [-0.1, -0.05) is 24.3 Å². The number of rotatable bonds is 6. The molecule has 0 radical (unpaired) electrons. The molecule has 1 aliphatic heterocycles. The Kier molecular flexibility index (Phi) is 7.10. The van der Waals surface area contributed by atoms with Crippen molar-refractivity contribution in [2.24, 2.45) is 0 Å². The van der Waals surface area contributed by atoms with Crippen LogP contribution in [0.5, 0.6) is 0 Å². The van der Waals surface area contributed by atoms with E-state index in [2.05, 4.69) is 0 Å². The fourth-order valence-electron chi connectivity index (χ4n) is 3.43. The van der Waals surface area contributed by atoms with Gasteiger partial charge in [0.1, 0.15) is 6.54 Å². The van der Waals surface area contributed by atoms with Crippen LogP contribution in [-0.2, 0) is 20.8 Å². The third-order valence-corrected chi connectivity index (χ3v) is 4.92. The van der Waals surface area contributed by atoms with E-state index in [0.29, 0.717) is 31.5 Å². The Bertz CT molecular complexity index is 714. The normalized spacial score (nSPS) is 17.1. The number of benzene rings is 1. The largest absolute Gasteiger partial charge is 0.480 e. The van der Waals surface area contributed by atoms with Crippen molar-refractivity contribution in [3.05, 3.63) is 35.4 Å². The lowest BCUT2D eigenvalue weighted by atomic mass is 10.1. The average Bonchev–Trinajstić information content (AvgIpc) is 2.85. The highest BCUT2D eigenvalue weighted by Gasteiger charge is 2.27. The molecule has 0 spiro atoms. The molecule has 2 rings (SSSR count). The van der Waals surface area contributed by atoms with Crippen molar-refractivity contribution in [1.82, 2.24) is 9.80 Å². The molecule has 146 valence electrons. The summed E-state index contributed by atoms with van der Waals surface area (Å²) < 4.78 is 0. The van der Waals surface area contributed by atoms with E-state index in [1.807, 2.05) is 0 Å². The monoisotopic (exact) mass is 374 g/mol. The van der Waals surface area contributed by atoms with E-state index < -0.39 is 5.97 Å². The van der Waals surface area contributed by atoms with E-state index in [0.717, 1.165) is 12.0 Å². The highest BCUT2D eigenvalue weighted by molar-refractivity contribution is 5.94. The van der Waals surface area contributed by atoms with Crippen LogP contribution in [0, 0.1) is 0 Å². The minimum absolute atomic E-state index is 0.00108. The lowest BCUT2D eigenvalue weighted by Gasteiger charge is -2.28. The number of ketones is 1. The highest BCUT2D eigenvalue weighted by atomic mass is 16.4. The number of amides is 2. The number of carbonyl (C=O) groups is 4. The molecule has 1 aromatic carbocycles. The number of carboxylic acid groups (broad SMARTS) is 1. The Balaban J connectivity index is 1.96. The van der Waals surface area contributed by atoms with E-state index in [9.17, 15) is 19.2 Å². The molecular formula is C20H26N2O5. The molecule has 0 saturated carbocycles. The molecular weight excluding hydrogens is 348 g/mol. The van der Waals surface area contributed by atoms with Crippen LogP contribution in [0.3, 0.4) is 0 Å². The molecule has 7 nitrogen and oxygen atoms in total. The summed E-state index contributed by atoms with van der Waals surface area (Å²) in [6.45, 7) is 3.67. The molecule has 1 fully saturated rings. The maximum atomic E-state index is 12.6. The molecule has 1 atom stereocenters. The predicted molar refractivity (Wildman–Crippen MR) is 99.4 cm³/mol. The summed E-state index contributed by atoms with van der Waals surface area (Å²) in [5.41, 5.74) is 1.47. The minimum atomic E-state index is -1.03. The van der Waals surface area contributed by atoms with E-state index in [-0.39, 0.29) is 36.6 Å². The van der Waals surface area contributed by atoms with Crippen molar-refractivity contribution >= 4 is 23.6 Å². The summed E-state index contributed by atoms with van der Waals surface area (Å²) >= 11 is 0. The quantitative estimate of drug-likeness (QED) is 0.766. The zero-order chi connectivity index (χ0) is 20.0. The molecule has 1 N–H and O–H groups in total. The fourth-order valence-corrected chi connectivity index (χ4v) is 3.43. The Hall–Kier alpha value is -2.70. The zero-order valence-corrected chi connectivity index (χ0v) is 15.8. The lowest BCUT2D eigenvalue weighted by molar-refractivity contribution is -0.145. The van der Waals surface area contributed by atoms with Gasteiger partial charge >= 0.3 is 5.97 Å². The Morgan fingerprint density at radius 3 is 2.30 bits per heavy atom. The molecule has 0 aromatic heterocycles. The number of Topliss-reactive ketones (excluding diaryl/α,β-unsaturated/α-hetero) is 1. The number of carbonyl (C=O) groups excluding carboxylic acids is 3. The maximum absolute atomic E-state index is 12.6. The van der Waals surface area contributed by atoms with Gasteiger partial charge in [0.15, 0.2) is 5.78 Å². The van der Waals surface area contributed by atoms with Crippen LogP contribution in [0.15, 0.2) is 24.3 Å². The molecule has 0 bridgehead atoms. The summed E-state index contributed by atoms with van der Waals surface area (Å²) in [6.07, 6.45) is 2.24. The van der Waals surface area contributed by atoms with Crippen LogP contribution < -0.4 is 0 Å². The molecule has 1 aromatic rings. The van der Waals surface area contributed by atoms with Crippen LogP contribution in [-0.4, -0.2) is 64.1 Å². The molecule has 1 unspecified atom stereocenters. The standard InChI is InChI=1S/C20H26N2O5/c1-14(23)17-7-5-16(6-8-17)12-19(25)21-10-3-4-18(9-11-21)22(15(2)24)13-20(26)27/h5-8,18H,3-4,9-13H2,1-2H3,(H,26,27). The fraction of sp³-hybridized carbons (Fsp3) is 0.500. The molecule has 7 heteroatoms. The first-order valence-corrected chi connectivity index (χ1v) is 9.14. The summed E-state index contributed by atoms with van der Waals surface area (Å²) in [7, 11) is 0. The number of aliphatic carboxylic acids is 1. The van der Waals surface area contributed by atoms with Gasteiger partial charge in [-0.25, -0.2) is 0 Å². The molecule has 1 heterocycles. The molecule has 1 aliphatic rings. The first-order chi connectivity index (χ1) is 12.8. The number of hydrogen-bond donors (Lipinski definition) is 1. The van der Waals surface area contributed by atoms with Crippen molar-refractivity contribution in [2.75, 3.05) is 19.6 Å². The van der Waals surface area contributed by atoms with Gasteiger partial charge in [0.05, 0.1) is 6.42 Å². The Morgan fingerprint density at radius 1 is 1.07 bits per heavy atom. The van der Waals surface area contributed by atoms with Crippen LogP contribution >= 0.6 is 0 Å². The second-order valence-electron chi connectivity index (χ2n) is 6.94. The van der Waals surface area contributed by atoms with Gasteiger partial charge in [-0.05, 0) is 31.7 Å². The predicted octanol–water partition coefficient (Wildman–Crippen LogP) is 1.75. The van der Waals surface area contributed by atoms with Crippen LogP contribution in [0.1, 0.15) is 49.0 Å². The number of carboxylic acids is 1. The third-order valence-electron chi connectivity index (χ3n) is 4.92. The van der Waals surface area contributed by atoms with Gasteiger partial charge in [0, 0.05) is 31.6 Å². The lowest BCUT2D eigenvalue weighted by Crippen LogP contribution is -2.43. The van der Waals surface area contributed by atoms with E-state index in [1.54, 1.807) is 29.2 Å². The van der Waals surface area contributed by atoms with Gasteiger partial charge in [-0.15, -0.1) is 0 Å². The first kappa shape index (κ1) is 20.6. The van der Waals surface area contributed by atoms with Gasteiger partial charge < -0.3 is 14.9 Å². The third kappa shape index (κ3) is 5.91. The average molecular weight is 374 g/mol. The van der Waals surface area contributed by atoms with Crippen molar-refractivity contribution in [3.63, 3.8) is 0 Å². The molecule has 1 saturated heterocycles. The van der Waals surface area contributed by atoms with Gasteiger partial charge in [0.25, 0.3) is 0 Å². The molecule has 2 amide bonds. The SMILES string of the molecule is CC(=O)c1ccc(CC(=O)N2CCCC(N(CC(=O)O)C(C)=O)CC2)cc1. The number of likely N-dealkylation sites (tertiary alicyclic amines) is 1. The topological polar surface area (TPSA) is 95.0 Å². The second kappa shape index (κ2) is 9.30. The smallest absolute Gasteiger partial charge is 0.323 e. The highest BCUT2D eigenvalue weighted by Crippen LogP contribution is 2.18. The van der Waals surface area contributed by atoms with Crippen molar-refractivity contribution in [1.29, 1.82) is 0 Å². The number of nitrogens with zero attached hydrogens (tertiary/aromatic N) is 2. The van der Waals surface area contributed by atoms with E-state index in [1.165, 1.54) is 18.7 Å².